The highest BCUT2D eigenvalue weighted by molar-refractivity contribution is 5.93. The van der Waals surface area contributed by atoms with E-state index in [9.17, 15) is 9.18 Å². The van der Waals surface area contributed by atoms with Gasteiger partial charge in [-0.2, -0.15) is 5.26 Å². The minimum absolute atomic E-state index is 0.159. The molecule has 1 heterocycles. The number of benzene rings is 1. The number of carbonyl (C=O) groups is 1. The fourth-order valence-corrected chi connectivity index (χ4v) is 1.63. The number of aromatic nitrogens is 3. The van der Waals surface area contributed by atoms with E-state index in [1.54, 1.807) is 6.92 Å². The molecule has 0 N–H and O–H groups in total. The van der Waals surface area contributed by atoms with E-state index >= 15 is 0 Å². The predicted molar refractivity (Wildman–Crippen MR) is 60.8 cm³/mol. The molecule has 0 amide bonds. The largest absolute Gasteiger partial charge is 0.293 e. The lowest BCUT2D eigenvalue weighted by atomic mass is 10.2. The van der Waals surface area contributed by atoms with Crippen LogP contribution >= 0.6 is 0 Å². The molecule has 0 bridgehead atoms. The fraction of sp³-hybridized carbons (Fsp3) is 0.167. The maximum Gasteiger partial charge on any atom is 0.181 e. The Morgan fingerprint density at radius 2 is 2.22 bits per heavy atom. The summed E-state index contributed by atoms with van der Waals surface area (Å²) in [5, 5.41) is 16.1. The number of carbonyl (C=O) groups excluding carboxylic acids is 1. The molecule has 0 aliphatic carbocycles. The minimum atomic E-state index is -0.586. The van der Waals surface area contributed by atoms with Gasteiger partial charge >= 0.3 is 0 Å². The molecule has 90 valence electrons. The standard InChI is InChI=1S/C12H9FN4O/c1-7-12(8(2)18)15-16-17(7)11-4-3-9(6-14)5-10(11)13/h3-5H,1-2H3. The van der Waals surface area contributed by atoms with Gasteiger partial charge in [-0.15, -0.1) is 5.10 Å². The number of Topliss-reactive ketones (excluding diaryl/α,β-unsaturated/α-hetero) is 1. The van der Waals surface area contributed by atoms with Crippen molar-refractivity contribution in [3.63, 3.8) is 0 Å². The van der Waals surface area contributed by atoms with Crippen molar-refractivity contribution in [1.29, 1.82) is 5.26 Å². The molecule has 0 aliphatic heterocycles. The van der Waals surface area contributed by atoms with Crippen molar-refractivity contribution in [3.8, 4) is 11.8 Å². The van der Waals surface area contributed by atoms with E-state index in [2.05, 4.69) is 10.3 Å². The average Bonchev–Trinajstić information content (AvgIpc) is 2.71. The van der Waals surface area contributed by atoms with E-state index in [0.29, 0.717) is 5.69 Å². The van der Waals surface area contributed by atoms with Crippen molar-refractivity contribution >= 4 is 5.78 Å². The highest BCUT2D eigenvalue weighted by atomic mass is 19.1. The molecule has 2 aromatic rings. The Morgan fingerprint density at radius 1 is 1.50 bits per heavy atom. The first-order valence-electron chi connectivity index (χ1n) is 5.18. The zero-order valence-corrected chi connectivity index (χ0v) is 9.81. The fourth-order valence-electron chi connectivity index (χ4n) is 1.63. The van der Waals surface area contributed by atoms with Crippen LogP contribution in [0.3, 0.4) is 0 Å². The van der Waals surface area contributed by atoms with E-state index in [4.69, 9.17) is 5.26 Å². The molecule has 0 saturated carbocycles. The van der Waals surface area contributed by atoms with E-state index in [0.717, 1.165) is 6.07 Å². The first kappa shape index (κ1) is 11.9. The zero-order valence-electron chi connectivity index (χ0n) is 9.81. The number of hydrogen-bond donors (Lipinski definition) is 0. The van der Waals surface area contributed by atoms with Crippen LogP contribution in [0.4, 0.5) is 4.39 Å². The summed E-state index contributed by atoms with van der Waals surface area (Å²) in [4.78, 5) is 11.2. The Labute approximate surface area is 102 Å². The lowest BCUT2D eigenvalue weighted by Crippen LogP contribution is -2.03. The van der Waals surface area contributed by atoms with Gasteiger partial charge in [0, 0.05) is 6.92 Å². The molecule has 0 aliphatic rings. The Balaban J connectivity index is 2.57. The highest BCUT2D eigenvalue weighted by Gasteiger charge is 2.16. The van der Waals surface area contributed by atoms with E-state index < -0.39 is 5.82 Å². The Kier molecular flexibility index (Phi) is 2.90. The van der Waals surface area contributed by atoms with Gasteiger partial charge in [0.05, 0.1) is 17.3 Å². The minimum Gasteiger partial charge on any atom is -0.293 e. The molecular weight excluding hydrogens is 235 g/mol. The molecule has 0 spiro atoms. The van der Waals surface area contributed by atoms with Gasteiger partial charge in [-0.3, -0.25) is 4.79 Å². The number of nitrogens with zero attached hydrogens (tertiary/aromatic N) is 4. The van der Waals surface area contributed by atoms with Crippen LogP contribution in [0.5, 0.6) is 0 Å². The second-order valence-corrected chi connectivity index (χ2v) is 3.77. The SMILES string of the molecule is CC(=O)c1nnn(-c2ccc(C#N)cc2F)c1C. The Hall–Kier alpha value is -2.55. The van der Waals surface area contributed by atoms with Gasteiger partial charge < -0.3 is 0 Å². The molecule has 0 saturated heterocycles. The maximum absolute atomic E-state index is 13.8. The van der Waals surface area contributed by atoms with Crippen LogP contribution in [0.1, 0.15) is 28.7 Å². The molecule has 18 heavy (non-hydrogen) atoms. The van der Waals surface area contributed by atoms with Crippen LogP contribution in [-0.4, -0.2) is 20.8 Å². The third-order valence-electron chi connectivity index (χ3n) is 2.53. The van der Waals surface area contributed by atoms with Crippen LogP contribution in [0.2, 0.25) is 0 Å². The first-order valence-corrected chi connectivity index (χ1v) is 5.18. The van der Waals surface area contributed by atoms with Crippen LogP contribution in [0.25, 0.3) is 5.69 Å². The van der Waals surface area contributed by atoms with Crippen LogP contribution in [0, 0.1) is 24.1 Å². The summed E-state index contributed by atoms with van der Waals surface area (Å²) in [7, 11) is 0. The van der Waals surface area contributed by atoms with Crippen molar-refractivity contribution in [2.24, 2.45) is 0 Å². The first-order chi connectivity index (χ1) is 8.54. The lowest BCUT2D eigenvalue weighted by molar-refractivity contribution is 0.101. The summed E-state index contributed by atoms with van der Waals surface area (Å²) in [5.41, 5.74) is 1.05. The molecular formula is C12H9FN4O. The van der Waals surface area contributed by atoms with Crippen LogP contribution in [-0.2, 0) is 0 Å². The van der Waals surface area contributed by atoms with Gasteiger partial charge in [0.1, 0.15) is 11.5 Å². The van der Waals surface area contributed by atoms with Crippen molar-refractivity contribution < 1.29 is 9.18 Å². The topological polar surface area (TPSA) is 71.6 Å². The molecule has 1 aromatic heterocycles. The van der Waals surface area contributed by atoms with E-state index in [1.807, 2.05) is 6.07 Å². The molecule has 0 unspecified atom stereocenters. The summed E-state index contributed by atoms with van der Waals surface area (Å²) < 4.78 is 15.0. The van der Waals surface area contributed by atoms with Crippen LogP contribution in [0.15, 0.2) is 18.2 Å². The zero-order chi connectivity index (χ0) is 13.3. The molecule has 1 aromatic carbocycles. The Morgan fingerprint density at radius 3 is 2.72 bits per heavy atom. The normalized spacial score (nSPS) is 10.1. The van der Waals surface area contributed by atoms with Crippen molar-refractivity contribution in [3.05, 3.63) is 41.0 Å². The second-order valence-electron chi connectivity index (χ2n) is 3.77. The summed E-state index contributed by atoms with van der Waals surface area (Å²) in [5.74, 6) is -0.815. The number of halogens is 1. The average molecular weight is 244 g/mol. The van der Waals surface area contributed by atoms with Gasteiger partial charge in [0.2, 0.25) is 0 Å². The molecule has 6 heteroatoms. The lowest BCUT2D eigenvalue weighted by Gasteiger charge is -2.04. The van der Waals surface area contributed by atoms with E-state index in [-0.39, 0.29) is 22.7 Å². The van der Waals surface area contributed by atoms with Gasteiger partial charge in [-0.25, -0.2) is 9.07 Å². The predicted octanol–water partition coefficient (Wildman–Crippen LogP) is 1.79. The summed E-state index contributed by atoms with van der Waals surface area (Å²) in [6.07, 6.45) is 0. The number of nitriles is 1. The molecule has 0 fully saturated rings. The third kappa shape index (κ3) is 1.86. The second kappa shape index (κ2) is 4.37. The summed E-state index contributed by atoms with van der Waals surface area (Å²) >= 11 is 0. The number of ketones is 1. The number of hydrogen-bond acceptors (Lipinski definition) is 4. The molecule has 0 radical (unpaired) electrons. The van der Waals surface area contributed by atoms with E-state index in [1.165, 1.54) is 23.7 Å². The van der Waals surface area contributed by atoms with Crippen molar-refractivity contribution in [2.75, 3.05) is 0 Å². The molecule has 2 rings (SSSR count). The molecule has 5 nitrogen and oxygen atoms in total. The van der Waals surface area contributed by atoms with Crippen molar-refractivity contribution in [1.82, 2.24) is 15.0 Å². The number of rotatable bonds is 2. The quantitative estimate of drug-likeness (QED) is 0.755. The third-order valence-corrected chi connectivity index (χ3v) is 2.53. The van der Waals surface area contributed by atoms with Crippen LogP contribution < -0.4 is 0 Å². The smallest absolute Gasteiger partial charge is 0.181 e. The van der Waals surface area contributed by atoms with Gasteiger partial charge in [0.25, 0.3) is 0 Å². The monoisotopic (exact) mass is 244 g/mol. The highest BCUT2D eigenvalue weighted by Crippen LogP contribution is 2.17. The molecule has 0 atom stereocenters. The summed E-state index contributed by atoms with van der Waals surface area (Å²) in [6.45, 7) is 3.00. The van der Waals surface area contributed by atoms with Gasteiger partial charge in [0.15, 0.2) is 11.5 Å². The Bertz CT molecular complexity index is 669. The summed E-state index contributed by atoms with van der Waals surface area (Å²) in [6, 6.07) is 5.87. The maximum atomic E-state index is 13.8. The van der Waals surface area contributed by atoms with Gasteiger partial charge in [-0.05, 0) is 25.1 Å². The van der Waals surface area contributed by atoms with Crippen molar-refractivity contribution in [2.45, 2.75) is 13.8 Å². The van der Waals surface area contributed by atoms with Gasteiger partial charge in [-0.1, -0.05) is 5.21 Å².